The molecule has 1 saturated carbocycles. The van der Waals surface area contributed by atoms with Gasteiger partial charge in [0.05, 0.1) is 10.9 Å². The minimum Gasteiger partial charge on any atom is -0.481 e. The Bertz CT molecular complexity index is 472. The molecule has 104 valence electrons. The lowest BCUT2D eigenvalue weighted by atomic mass is 9.79. The molecule has 0 aliphatic heterocycles. The molecule has 0 radical (unpaired) electrons. The van der Waals surface area contributed by atoms with Crippen LogP contribution in [0.2, 0.25) is 5.02 Å². The third-order valence-electron chi connectivity index (χ3n) is 3.64. The number of aromatic amines is 1. The molecule has 0 saturated heterocycles. The maximum absolute atomic E-state index is 11.8. The Morgan fingerprint density at radius 1 is 1.42 bits per heavy atom. The van der Waals surface area contributed by atoms with Gasteiger partial charge in [-0.25, -0.2) is 0 Å². The molecule has 0 spiro atoms. The van der Waals surface area contributed by atoms with Crippen LogP contribution in [0, 0.1) is 11.8 Å². The number of aliphatic carboxylic acids is 1. The number of hydrogen-bond donors (Lipinski definition) is 3. The van der Waals surface area contributed by atoms with Crippen molar-refractivity contribution >= 4 is 23.5 Å². The molecule has 0 aromatic carbocycles. The minimum absolute atomic E-state index is 0.0145. The van der Waals surface area contributed by atoms with Crippen molar-refractivity contribution in [1.82, 2.24) is 10.3 Å². The number of aromatic nitrogens is 1. The van der Waals surface area contributed by atoms with Gasteiger partial charge in [-0.2, -0.15) is 0 Å². The van der Waals surface area contributed by atoms with E-state index in [1.54, 1.807) is 6.07 Å². The van der Waals surface area contributed by atoms with Gasteiger partial charge in [0.15, 0.2) is 0 Å². The molecule has 3 N–H and O–H groups in total. The summed E-state index contributed by atoms with van der Waals surface area (Å²) in [5.41, 5.74) is 0.396. The predicted molar refractivity (Wildman–Crippen MR) is 71.2 cm³/mol. The third kappa shape index (κ3) is 3.50. The second-order valence-electron chi connectivity index (χ2n) is 4.93. The van der Waals surface area contributed by atoms with E-state index in [4.69, 9.17) is 16.7 Å². The molecule has 6 heteroatoms. The van der Waals surface area contributed by atoms with Crippen molar-refractivity contribution in [2.24, 2.45) is 11.8 Å². The zero-order valence-electron chi connectivity index (χ0n) is 10.5. The first-order chi connectivity index (χ1) is 9.08. The molecule has 1 aliphatic rings. The van der Waals surface area contributed by atoms with Crippen LogP contribution >= 0.6 is 11.6 Å². The average Bonchev–Trinajstić information content (AvgIpc) is 2.83. The summed E-state index contributed by atoms with van der Waals surface area (Å²) >= 11 is 5.73. The largest absolute Gasteiger partial charge is 0.481 e. The Balaban J connectivity index is 1.90. The van der Waals surface area contributed by atoms with Crippen LogP contribution < -0.4 is 5.32 Å². The van der Waals surface area contributed by atoms with Crippen LogP contribution in [-0.2, 0) is 4.79 Å². The number of halogens is 1. The lowest BCUT2D eigenvalue weighted by molar-refractivity contribution is -0.144. The normalized spacial score (nSPS) is 23.0. The summed E-state index contributed by atoms with van der Waals surface area (Å²) in [7, 11) is 0. The molecule has 19 heavy (non-hydrogen) atoms. The van der Waals surface area contributed by atoms with Crippen molar-refractivity contribution in [1.29, 1.82) is 0 Å². The number of carbonyl (C=O) groups excluding carboxylic acids is 1. The molecule has 0 bridgehead atoms. The van der Waals surface area contributed by atoms with E-state index in [2.05, 4.69) is 10.3 Å². The van der Waals surface area contributed by atoms with Gasteiger partial charge in [0.2, 0.25) is 0 Å². The lowest BCUT2D eigenvalue weighted by Crippen LogP contribution is -2.37. The van der Waals surface area contributed by atoms with Crippen molar-refractivity contribution in [3.8, 4) is 0 Å². The number of H-pyrrole nitrogens is 1. The summed E-state index contributed by atoms with van der Waals surface area (Å²) in [6, 6.07) is 1.55. The van der Waals surface area contributed by atoms with Gasteiger partial charge >= 0.3 is 5.97 Å². The number of hydrogen-bond acceptors (Lipinski definition) is 2. The Labute approximate surface area is 116 Å². The fraction of sp³-hybridized carbons (Fsp3) is 0.538. The molecule has 5 nitrogen and oxygen atoms in total. The fourth-order valence-electron chi connectivity index (χ4n) is 2.60. The van der Waals surface area contributed by atoms with Crippen LogP contribution in [0.3, 0.4) is 0 Å². The van der Waals surface area contributed by atoms with E-state index in [-0.39, 0.29) is 17.7 Å². The van der Waals surface area contributed by atoms with Crippen LogP contribution in [-0.4, -0.2) is 28.5 Å². The Morgan fingerprint density at radius 2 is 2.16 bits per heavy atom. The quantitative estimate of drug-likeness (QED) is 0.793. The van der Waals surface area contributed by atoms with Crippen LogP contribution in [0.15, 0.2) is 12.3 Å². The Morgan fingerprint density at radius 3 is 2.79 bits per heavy atom. The number of carboxylic acids is 1. The second-order valence-corrected chi connectivity index (χ2v) is 5.37. The molecular weight excluding hydrogens is 268 g/mol. The van der Waals surface area contributed by atoms with Gasteiger partial charge in [-0.3, -0.25) is 9.59 Å². The smallest absolute Gasteiger partial charge is 0.306 e. The van der Waals surface area contributed by atoms with Crippen LogP contribution in [0.25, 0.3) is 0 Å². The molecule has 1 aliphatic carbocycles. The zero-order chi connectivity index (χ0) is 13.8. The third-order valence-corrected chi connectivity index (χ3v) is 3.86. The highest BCUT2D eigenvalue weighted by Crippen LogP contribution is 2.29. The van der Waals surface area contributed by atoms with Crippen molar-refractivity contribution in [3.05, 3.63) is 23.0 Å². The molecule has 2 rings (SSSR count). The number of carboxylic acid groups (broad SMARTS) is 1. The number of nitrogens with one attached hydrogen (secondary N) is 2. The van der Waals surface area contributed by atoms with Gasteiger partial charge in [0, 0.05) is 12.7 Å². The minimum atomic E-state index is -0.762. The highest BCUT2D eigenvalue weighted by Gasteiger charge is 2.30. The summed E-state index contributed by atoms with van der Waals surface area (Å²) in [6.07, 6.45) is 5.07. The molecular formula is C13H17ClN2O3. The summed E-state index contributed by atoms with van der Waals surface area (Å²) in [6.45, 7) is 0.395. The van der Waals surface area contributed by atoms with Gasteiger partial charge in [-0.1, -0.05) is 24.4 Å². The van der Waals surface area contributed by atoms with E-state index in [1.165, 1.54) is 6.20 Å². The van der Waals surface area contributed by atoms with Gasteiger partial charge in [0.25, 0.3) is 5.91 Å². The van der Waals surface area contributed by atoms with Gasteiger partial charge < -0.3 is 15.4 Å². The topological polar surface area (TPSA) is 82.2 Å². The summed E-state index contributed by atoms with van der Waals surface area (Å²) in [5.74, 6) is -1.34. The first-order valence-electron chi connectivity index (χ1n) is 6.43. The zero-order valence-corrected chi connectivity index (χ0v) is 11.2. The SMILES string of the molecule is O=C(NCC1CCCCC1C(=O)O)c1cc(Cl)c[nH]1. The van der Waals surface area contributed by atoms with Gasteiger partial charge in [-0.05, 0) is 24.8 Å². The van der Waals surface area contributed by atoms with Crippen molar-refractivity contribution in [3.63, 3.8) is 0 Å². The second kappa shape index (κ2) is 6.10. The van der Waals surface area contributed by atoms with E-state index in [0.29, 0.717) is 23.7 Å². The van der Waals surface area contributed by atoms with E-state index in [0.717, 1.165) is 19.3 Å². The van der Waals surface area contributed by atoms with Crippen LogP contribution in [0.5, 0.6) is 0 Å². The molecule has 2 unspecified atom stereocenters. The first kappa shape index (κ1) is 13.9. The highest BCUT2D eigenvalue weighted by molar-refractivity contribution is 6.30. The van der Waals surface area contributed by atoms with Gasteiger partial charge in [-0.15, -0.1) is 0 Å². The van der Waals surface area contributed by atoms with E-state index < -0.39 is 5.97 Å². The average molecular weight is 285 g/mol. The van der Waals surface area contributed by atoms with E-state index in [1.807, 2.05) is 0 Å². The summed E-state index contributed by atoms with van der Waals surface area (Å²) < 4.78 is 0. The summed E-state index contributed by atoms with van der Waals surface area (Å²) in [4.78, 5) is 25.7. The van der Waals surface area contributed by atoms with Crippen LogP contribution in [0.4, 0.5) is 0 Å². The number of amides is 1. The molecule has 1 aromatic rings. The molecule has 1 aromatic heterocycles. The standard InChI is InChI=1S/C13H17ClN2O3/c14-9-5-11(15-7-9)12(17)16-6-8-3-1-2-4-10(8)13(18)19/h5,7-8,10,15H,1-4,6H2,(H,16,17)(H,18,19). The first-order valence-corrected chi connectivity index (χ1v) is 6.80. The maximum atomic E-state index is 11.8. The maximum Gasteiger partial charge on any atom is 0.306 e. The Hall–Kier alpha value is -1.49. The highest BCUT2D eigenvalue weighted by atomic mass is 35.5. The molecule has 1 fully saturated rings. The van der Waals surface area contributed by atoms with Crippen molar-refractivity contribution in [2.45, 2.75) is 25.7 Å². The summed E-state index contributed by atoms with van der Waals surface area (Å²) in [5, 5.41) is 12.4. The number of rotatable bonds is 4. The Kier molecular flexibility index (Phi) is 4.47. The molecule has 2 atom stereocenters. The van der Waals surface area contributed by atoms with Crippen molar-refractivity contribution < 1.29 is 14.7 Å². The number of carbonyl (C=O) groups is 2. The van der Waals surface area contributed by atoms with Gasteiger partial charge in [0.1, 0.15) is 5.69 Å². The molecule has 1 amide bonds. The monoisotopic (exact) mass is 284 g/mol. The van der Waals surface area contributed by atoms with E-state index >= 15 is 0 Å². The predicted octanol–water partition coefficient (Wildman–Crippen LogP) is 2.29. The van der Waals surface area contributed by atoms with Crippen molar-refractivity contribution in [2.75, 3.05) is 6.54 Å². The van der Waals surface area contributed by atoms with E-state index in [9.17, 15) is 9.59 Å². The van der Waals surface area contributed by atoms with Crippen LogP contribution in [0.1, 0.15) is 36.2 Å². The fourth-order valence-corrected chi connectivity index (χ4v) is 2.76. The lowest BCUT2D eigenvalue weighted by Gasteiger charge is -2.28. The molecule has 1 heterocycles.